The Bertz CT molecular complexity index is 989. The summed E-state index contributed by atoms with van der Waals surface area (Å²) in [5.41, 5.74) is 5.35. The highest BCUT2D eigenvalue weighted by Gasteiger charge is 2.25. The lowest BCUT2D eigenvalue weighted by Gasteiger charge is -2.20. The van der Waals surface area contributed by atoms with E-state index in [0.717, 1.165) is 96.3 Å². The minimum atomic E-state index is -4.29. The van der Waals surface area contributed by atoms with E-state index in [9.17, 15) is 14.3 Å². The van der Waals surface area contributed by atoms with Crippen molar-refractivity contribution >= 4 is 13.8 Å². The third-order valence-electron chi connectivity index (χ3n) is 7.61. The first-order valence-corrected chi connectivity index (χ1v) is 20.9. The molecule has 0 heterocycles. The van der Waals surface area contributed by atoms with Crippen LogP contribution >= 0.6 is 7.82 Å². The summed E-state index contributed by atoms with van der Waals surface area (Å²) >= 11 is 0. The van der Waals surface area contributed by atoms with Crippen molar-refractivity contribution in [3.8, 4) is 0 Å². The van der Waals surface area contributed by atoms with E-state index in [1.807, 2.05) is 0 Å². The number of carbonyl (C=O) groups is 1. The smallest absolute Gasteiger partial charge is 0.457 e. The van der Waals surface area contributed by atoms with Crippen molar-refractivity contribution in [2.45, 2.75) is 148 Å². The van der Waals surface area contributed by atoms with Gasteiger partial charge in [0.05, 0.1) is 19.8 Å². The first-order valence-electron chi connectivity index (χ1n) is 19.4. The quantitative estimate of drug-likeness (QED) is 0.0284. The molecule has 0 aromatic carbocycles. The van der Waals surface area contributed by atoms with Crippen LogP contribution in [0.2, 0.25) is 0 Å². The van der Waals surface area contributed by atoms with Gasteiger partial charge in [-0.25, -0.2) is 4.57 Å². The summed E-state index contributed by atoms with van der Waals surface area (Å²) < 4.78 is 33.3. The molecule has 50 heavy (non-hydrogen) atoms. The lowest BCUT2D eigenvalue weighted by molar-refractivity contribution is -0.154. The van der Waals surface area contributed by atoms with Gasteiger partial charge in [0, 0.05) is 19.6 Å². The number of ether oxygens (including phenoxy) is 2. The molecule has 3 N–H and O–H groups in total. The van der Waals surface area contributed by atoms with Crippen LogP contribution in [-0.2, 0) is 27.9 Å². The number of nitrogens with two attached hydrogens (primary N) is 1. The summed E-state index contributed by atoms with van der Waals surface area (Å²) in [7, 11) is -4.29. The molecule has 2 atom stereocenters. The lowest BCUT2D eigenvalue weighted by atomic mass is 10.1. The van der Waals surface area contributed by atoms with Crippen molar-refractivity contribution in [2.24, 2.45) is 5.73 Å². The third kappa shape index (κ3) is 37.2. The molecule has 0 spiro atoms. The second kappa shape index (κ2) is 38.2. The highest BCUT2D eigenvalue weighted by Crippen LogP contribution is 2.43. The number of unbranched alkanes of at least 4 members (excludes halogenated alkanes) is 11. The Morgan fingerprint density at radius 1 is 0.620 bits per heavy atom. The van der Waals surface area contributed by atoms with Crippen LogP contribution in [0.15, 0.2) is 72.9 Å². The second-order valence-electron chi connectivity index (χ2n) is 12.4. The molecule has 0 rings (SSSR count). The number of rotatable bonds is 36. The first kappa shape index (κ1) is 47.9. The highest BCUT2D eigenvalue weighted by molar-refractivity contribution is 7.47. The third-order valence-corrected chi connectivity index (χ3v) is 8.59. The van der Waals surface area contributed by atoms with Gasteiger partial charge in [-0.2, -0.15) is 0 Å². The summed E-state index contributed by atoms with van der Waals surface area (Å²) in [6.07, 6.45) is 46.3. The van der Waals surface area contributed by atoms with E-state index in [0.29, 0.717) is 13.0 Å². The van der Waals surface area contributed by atoms with Gasteiger partial charge in [0.25, 0.3) is 0 Å². The number of hydrogen-bond donors (Lipinski definition) is 2. The predicted molar refractivity (Wildman–Crippen MR) is 210 cm³/mol. The molecule has 0 saturated heterocycles. The molecule has 0 bridgehead atoms. The van der Waals surface area contributed by atoms with E-state index >= 15 is 0 Å². The van der Waals surface area contributed by atoms with E-state index in [2.05, 4.69) is 86.8 Å². The fraction of sp³-hybridized carbons (Fsp3) is 0.683. The Morgan fingerprint density at radius 3 is 1.68 bits per heavy atom. The average molecular weight is 722 g/mol. The summed E-state index contributed by atoms with van der Waals surface area (Å²) in [6.45, 7) is 4.65. The molecule has 0 aromatic heterocycles. The van der Waals surface area contributed by atoms with Gasteiger partial charge in [0.1, 0.15) is 6.10 Å². The molecule has 288 valence electrons. The van der Waals surface area contributed by atoms with Crippen molar-refractivity contribution in [2.75, 3.05) is 33.0 Å². The van der Waals surface area contributed by atoms with Crippen molar-refractivity contribution in [1.29, 1.82) is 0 Å². The predicted octanol–water partition coefficient (Wildman–Crippen LogP) is 11.2. The Morgan fingerprint density at radius 2 is 1.12 bits per heavy atom. The van der Waals surface area contributed by atoms with Gasteiger partial charge in [0.2, 0.25) is 0 Å². The van der Waals surface area contributed by atoms with Crippen LogP contribution in [0.1, 0.15) is 142 Å². The van der Waals surface area contributed by atoms with Crippen LogP contribution in [0.25, 0.3) is 0 Å². The summed E-state index contributed by atoms with van der Waals surface area (Å²) in [4.78, 5) is 22.4. The minimum absolute atomic E-state index is 0.0850. The summed E-state index contributed by atoms with van der Waals surface area (Å²) in [5.74, 6) is -0.360. The Kier molecular flexibility index (Phi) is 36.6. The molecule has 0 aromatic rings. The Balaban J connectivity index is 4.20. The molecule has 9 heteroatoms. The maximum Gasteiger partial charge on any atom is 0.472 e. The van der Waals surface area contributed by atoms with Crippen molar-refractivity contribution in [1.82, 2.24) is 0 Å². The summed E-state index contributed by atoms with van der Waals surface area (Å²) in [5, 5.41) is 0. The number of phosphoric acid groups is 1. The fourth-order valence-corrected chi connectivity index (χ4v) is 5.55. The topological polar surface area (TPSA) is 117 Å². The molecule has 0 aliphatic heterocycles. The van der Waals surface area contributed by atoms with Crippen molar-refractivity contribution in [3.05, 3.63) is 72.9 Å². The van der Waals surface area contributed by atoms with Crippen molar-refractivity contribution < 1.29 is 32.8 Å². The number of hydrogen-bond acceptors (Lipinski definition) is 7. The molecular formula is C41H72NO7P. The fourth-order valence-electron chi connectivity index (χ4n) is 4.78. The van der Waals surface area contributed by atoms with Gasteiger partial charge in [-0.3, -0.25) is 13.8 Å². The average Bonchev–Trinajstić information content (AvgIpc) is 3.10. The molecular weight excluding hydrogens is 649 g/mol. The molecule has 2 unspecified atom stereocenters. The van der Waals surface area contributed by atoms with E-state index in [4.69, 9.17) is 24.3 Å². The zero-order chi connectivity index (χ0) is 36.6. The van der Waals surface area contributed by atoms with Crippen LogP contribution in [0, 0.1) is 0 Å². The number of allylic oxidation sites excluding steroid dienone is 12. The van der Waals surface area contributed by atoms with E-state index in [1.165, 1.54) is 25.7 Å². The van der Waals surface area contributed by atoms with Gasteiger partial charge in [0.15, 0.2) is 0 Å². The lowest BCUT2D eigenvalue weighted by Crippen LogP contribution is -2.28. The largest absolute Gasteiger partial charge is 0.472 e. The van der Waals surface area contributed by atoms with Crippen LogP contribution in [-0.4, -0.2) is 49.9 Å². The van der Waals surface area contributed by atoms with Gasteiger partial charge in [-0.15, -0.1) is 0 Å². The second-order valence-corrected chi connectivity index (χ2v) is 13.9. The van der Waals surface area contributed by atoms with Crippen LogP contribution in [0.5, 0.6) is 0 Å². The van der Waals surface area contributed by atoms with Gasteiger partial charge >= 0.3 is 13.8 Å². The SMILES string of the molecule is CC/C=C\C/C=C\C/C=C\C/C=C\CCCCCOCC(COP(=O)(O)OCCN)OC(=O)CCCCCCC/C=C\C/C=C\CCCCC. The Labute approximate surface area is 305 Å². The molecule has 0 aliphatic rings. The Hall–Kier alpha value is -2.06. The molecule has 0 aliphatic carbocycles. The molecule has 0 fully saturated rings. The zero-order valence-corrected chi connectivity index (χ0v) is 32.5. The normalized spacial score (nSPS) is 14.4. The maximum absolute atomic E-state index is 12.5. The molecule has 0 saturated carbocycles. The van der Waals surface area contributed by atoms with Gasteiger partial charge < -0.3 is 20.1 Å². The standard InChI is InChI=1S/C41H72NO7P/c1-3-5-7-9-11-13-15-17-19-21-23-25-27-29-31-33-36-46-38-40(39-48-50(44,45)47-37-35-42)49-41(43)34-32-30-28-26-24-22-20-18-16-14-12-10-8-6-4-2/h5,7,11-14,17-20,23,25,40H,3-4,6,8-10,15-16,21-22,24,26-39,42H2,1-2H3,(H,44,45)/b7-5-,13-11-,14-12-,19-17-,20-18-,25-23-. The monoisotopic (exact) mass is 722 g/mol. The van der Waals surface area contributed by atoms with Crippen LogP contribution in [0.3, 0.4) is 0 Å². The molecule has 0 amide bonds. The number of phosphoric ester groups is 1. The summed E-state index contributed by atoms with van der Waals surface area (Å²) in [6, 6.07) is 0. The van der Waals surface area contributed by atoms with Gasteiger partial charge in [-0.05, 0) is 83.5 Å². The van der Waals surface area contributed by atoms with E-state index in [1.54, 1.807) is 0 Å². The molecule has 8 nitrogen and oxygen atoms in total. The van der Waals surface area contributed by atoms with Crippen LogP contribution in [0.4, 0.5) is 0 Å². The van der Waals surface area contributed by atoms with Gasteiger partial charge in [-0.1, -0.05) is 125 Å². The number of esters is 1. The van der Waals surface area contributed by atoms with E-state index < -0.39 is 13.9 Å². The first-order chi connectivity index (χ1) is 24.4. The van der Waals surface area contributed by atoms with Crippen molar-refractivity contribution in [3.63, 3.8) is 0 Å². The highest BCUT2D eigenvalue weighted by atomic mass is 31.2. The molecule has 0 radical (unpaired) electrons. The minimum Gasteiger partial charge on any atom is -0.457 e. The maximum atomic E-state index is 12.5. The van der Waals surface area contributed by atoms with E-state index in [-0.39, 0.29) is 32.3 Å². The number of carbonyl (C=O) groups excluding carboxylic acids is 1. The zero-order valence-electron chi connectivity index (χ0n) is 31.6. The van der Waals surface area contributed by atoms with Crippen LogP contribution < -0.4 is 5.73 Å².